The predicted molar refractivity (Wildman–Crippen MR) is 98.1 cm³/mol. The van der Waals surface area contributed by atoms with Gasteiger partial charge in [0.15, 0.2) is 5.90 Å². The Morgan fingerprint density at radius 2 is 1.72 bits per heavy atom. The van der Waals surface area contributed by atoms with Gasteiger partial charge in [-0.2, -0.15) is 0 Å². The fraction of sp³-hybridized carbons (Fsp3) is 0.333. The molecule has 0 saturated heterocycles. The van der Waals surface area contributed by atoms with Gasteiger partial charge in [0.1, 0.15) is 6.10 Å². The first kappa shape index (κ1) is 17.2. The number of carboxylic acids is 1. The molecule has 0 fully saturated rings. The highest BCUT2D eigenvalue weighted by atomic mass is 16.5. The molecule has 1 heterocycles. The minimum absolute atomic E-state index is 0.0813. The molecule has 0 radical (unpaired) electrons. The van der Waals surface area contributed by atoms with Crippen LogP contribution < -0.4 is 0 Å². The molecule has 0 aliphatic carbocycles. The number of hydrogen-bond donors (Lipinski definition) is 1. The van der Waals surface area contributed by atoms with Crippen molar-refractivity contribution in [1.82, 2.24) is 0 Å². The van der Waals surface area contributed by atoms with Gasteiger partial charge in [0.25, 0.3) is 0 Å². The van der Waals surface area contributed by atoms with Crippen LogP contribution in [0, 0.1) is 0 Å². The third kappa shape index (κ3) is 4.92. The number of hydrogen-bond acceptors (Lipinski definition) is 3. The Kier molecular flexibility index (Phi) is 5.83. The summed E-state index contributed by atoms with van der Waals surface area (Å²) in [5, 5.41) is 8.94. The van der Waals surface area contributed by atoms with E-state index in [2.05, 4.69) is 29.3 Å². The molecule has 1 atom stereocenters. The van der Waals surface area contributed by atoms with Crippen LogP contribution in [0.3, 0.4) is 0 Å². The molecule has 1 unspecified atom stereocenters. The summed E-state index contributed by atoms with van der Waals surface area (Å²) >= 11 is 0. The fourth-order valence-electron chi connectivity index (χ4n) is 3.00. The molecule has 2 aromatic rings. The molecule has 1 N–H and O–H groups in total. The number of benzene rings is 2. The van der Waals surface area contributed by atoms with E-state index in [0.29, 0.717) is 12.1 Å². The zero-order chi connectivity index (χ0) is 17.5. The molecule has 4 heteroatoms. The topological polar surface area (TPSA) is 58.9 Å². The van der Waals surface area contributed by atoms with Crippen LogP contribution in [-0.2, 0) is 11.2 Å². The van der Waals surface area contributed by atoms with Crippen LogP contribution in [0.1, 0.15) is 53.3 Å². The maximum atomic E-state index is 10.9. The van der Waals surface area contributed by atoms with Crippen LogP contribution in [0.2, 0.25) is 0 Å². The van der Waals surface area contributed by atoms with Crippen LogP contribution >= 0.6 is 0 Å². The van der Waals surface area contributed by atoms with E-state index in [4.69, 9.17) is 9.84 Å². The van der Waals surface area contributed by atoms with Crippen molar-refractivity contribution in [3.63, 3.8) is 0 Å². The van der Waals surface area contributed by atoms with Crippen molar-refractivity contribution >= 4 is 11.9 Å². The Balaban J connectivity index is 1.37. The number of aliphatic imine (C=N–C) groups is 1. The van der Waals surface area contributed by atoms with E-state index in [1.807, 2.05) is 18.2 Å². The van der Waals surface area contributed by atoms with Crippen molar-refractivity contribution in [2.75, 3.05) is 6.54 Å². The number of aromatic carboxylic acids is 1. The van der Waals surface area contributed by atoms with Gasteiger partial charge in [0.2, 0.25) is 0 Å². The zero-order valence-corrected chi connectivity index (χ0v) is 14.2. The Labute approximate surface area is 148 Å². The minimum atomic E-state index is -0.911. The molecule has 0 spiro atoms. The van der Waals surface area contributed by atoms with Crippen molar-refractivity contribution in [3.05, 3.63) is 71.3 Å². The van der Waals surface area contributed by atoms with Gasteiger partial charge >= 0.3 is 5.97 Å². The number of nitrogens with zero attached hydrogens (tertiary/aromatic N) is 1. The number of unbranched alkanes of at least 4 members (excludes halogenated alkanes) is 2. The first-order chi connectivity index (χ1) is 12.2. The summed E-state index contributed by atoms with van der Waals surface area (Å²) in [5.41, 5.74) is 2.66. The molecule has 2 aromatic carbocycles. The lowest BCUT2D eigenvalue weighted by molar-refractivity contribution is 0.0696. The summed E-state index contributed by atoms with van der Waals surface area (Å²) in [7, 11) is 0. The monoisotopic (exact) mass is 337 g/mol. The molecule has 0 amide bonds. The van der Waals surface area contributed by atoms with E-state index in [1.54, 1.807) is 12.1 Å². The van der Waals surface area contributed by atoms with Crippen LogP contribution in [0.4, 0.5) is 0 Å². The van der Waals surface area contributed by atoms with Gasteiger partial charge in [-0.05, 0) is 42.5 Å². The van der Waals surface area contributed by atoms with E-state index in [9.17, 15) is 4.79 Å². The van der Waals surface area contributed by atoms with Crippen LogP contribution in [0.25, 0.3) is 0 Å². The van der Waals surface area contributed by atoms with Crippen molar-refractivity contribution in [3.8, 4) is 0 Å². The number of aryl methyl sites for hydroxylation is 1. The number of carboxylic acid groups (broad SMARTS) is 1. The second-order valence-corrected chi connectivity index (χ2v) is 6.31. The van der Waals surface area contributed by atoms with Crippen LogP contribution in [0.15, 0.2) is 59.6 Å². The molecule has 1 aliphatic rings. The van der Waals surface area contributed by atoms with Crippen LogP contribution in [0.5, 0.6) is 0 Å². The summed E-state index contributed by atoms with van der Waals surface area (Å²) in [6.45, 7) is 0.617. The number of rotatable bonds is 8. The summed E-state index contributed by atoms with van der Waals surface area (Å²) < 4.78 is 5.92. The Bertz CT molecular complexity index is 723. The third-order valence-corrected chi connectivity index (χ3v) is 4.44. The predicted octanol–water partition coefficient (Wildman–Crippen LogP) is 4.66. The van der Waals surface area contributed by atoms with Gasteiger partial charge in [-0.1, -0.05) is 48.9 Å². The molecule has 0 bridgehead atoms. The molecular weight excluding hydrogens is 314 g/mol. The average molecular weight is 337 g/mol. The summed E-state index contributed by atoms with van der Waals surface area (Å²) in [6, 6.07) is 17.4. The van der Waals surface area contributed by atoms with E-state index in [0.717, 1.165) is 37.1 Å². The summed E-state index contributed by atoms with van der Waals surface area (Å²) in [4.78, 5) is 15.4. The lowest BCUT2D eigenvalue weighted by atomic mass is 10.1. The first-order valence-electron chi connectivity index (χ1n) is 8.79. The molecule has 130 valence electrons. The molecule has 3 rings (SSSR count). The van der Waals surface area contributed by atoms with Crippen LogP contribution in [-0.4, -0.2) is 23.5 Å². The van der Waals surface area contributed by atoms with Crippen molar-refractivity contribution in [1.29, 1.82) is 0 Å². The summed E-state index contributed by atoms with van der Waals surface area (Å²) in [6.07, 6.45) is 5.33. The molecular formula is C21H23NO3. The van der Waals surface area contributed by atoms with E-state index in [1.165, 1.54) is 12.0 Å². The Hall–Kier alpha value is -2.62. The van der Waals surface area contributed by atoms with Gasteiger partial charge in [-0.25, -0.2) is 4.79 Å². The molecule has 1 aliphatic heterocycles. The second-order valence-electron chi connectivity index (χ2n) is 6.31. The zero-order valence-electron chi connectivity index (χ0n) is 14.2. The van der Waals surface area contributed by atoms with Crippen molar-refractivity contribution in [2.45, 2.75) is 38.2 Å². The van der Waals surface area contributed by atoms with Gasteiger partial charge < -0.3 is 9.84 Å². The minimum Gasteiger partial charge on any atom is -0.478 e. The Morgan fingerprint density at radius 1 is 1.00 bits per heavy atom. The van der Waals surface area contributed by atoms with Gasteiger partial charge in [0.05, 0.1) is 12.1 Å². The van der Waals surface area contributed by atoms with Crippen molar-refractivity contribution < 1.29 is 14.6 Å². The first-order valence-corrected chi connectivity index (χ1v) is 8.79. The average Bonchev–Trinajstić information content (AvgIpc) is 3.11. The number of ether oxygens (including phenoxy) is 1. The smallest absolute Gasteiger partial charge is 0.335 e. The maximum Gasteiger partial charge on any atom is 0.335 e. The fourth-order valence-corrected chi connectivity index (χ4v) is 3.00. The lowest BCUT2D eigenvalue weighted by Crippen LogP contribution is -2.06. The largest absolute Gasteiger partial charge is 0.478 e. The highest BCUT2D eigenvalue weighted by Crippen LogP contribution is 2.25. The van der Waals surface area contributed by atoms with E-state index >= 15 is 0 Å². The Morgan fingerprint density at radius 3 is 2.44 bits per heavy atom. The summed E-state index contributed by atoms with van der Waals surface area (Å²) in [5.74, 6) is -0.0849. The standard InChI is InChI=1S/C21H23NO3/c23-21(24)18-13-11-17(12-14-18)19-15-22-20(25-19)10-6-2-5-9-16-7-3-1-4-8-16/h1,3-4,7-8,11-14,19H,2,5-6,9-10,15H2,(H,23,24). The molecule has 25 heavy (non-hydrogen) atoms. The molecule has 4 nitrogen and oxygen atoms in total. The lowest BCUT2D eigenvalue weighted by Gasteiger charge is -2.12. The highest BCUT2D eigenvalue weighted by molar-refractivity contribution is 5.87. The van der Waals surface area contributed by atoms with E-state index in [-0.39, 0.29) is 6.10 Å². The SMILES string of the molecule is O=C(O)c1ccc(C2CN=C(CCCCCc3ccccc3)O2)cc1. The normalized spacial score (nSPS) is 16.3. The van der Waals surface area contributed by atoms with Gasteiger partial charge in [-0.3, -0.25) is 4.99 Å². The maximum absolute atomic E-state index is 10.9. The highest BCUT2D eigenvalue weighted by Gasteiger charge is 2.21. The molecule has 0 aromatic heterocycles. The molecule has 0 saturated carbocycles. The van der Waals surface area contributed by atoms with Crippen molar-refractivity contribution in [2.24, 2.45) is 4.99 Å². The second kappa shape index (κ2) is 8.47. The number of carbonyl (C=O) groups is 1. The van der Waals surface area contributed by atoms with Gasteiger partial charge in [0, 0.05) is 6.42 Å². The third-order valence-electron chi connectivity index (χ3n) is 4.44. The van der Waals surface area contributed by atoms with E-state index < -0.39 is 5.97 Å². The van der Waals surface area contributed by atoms with Gasteiger partial charge in [-0.15, -0.1) is 0 Å². The quantitative estimate of drug-likeness (QED) is 0.713.